The van der Waals surface area contributed by atoms with Crippen molar-refractivity contribution in [1.82, 2.24) is 0 Å². The second kappa shape index (κ2) is 14.1. The number of carbonyl (C=O) groups is 1. The summed E-state index contributed by atoms with van der Waals surface area (Å²) in [7, 11) is 0. The fourth-order valence-corrected chi connectivity index (χ4v) is 6.64. The standard InChI is InChI=1S/C33H48O4/c1-4-7-20-35-25-16-14-24(15-17-25)31-28-13-11-10-12-27(28)30-23-26(36-21-8-5-2)18-19-29(30)32(31)33(34)37-22-9-6-3/h14,16-19,23-24,27-28,31-32H,4-13,15,20-22H2,1-3H3/t24?,27-,28+,31+,32+/m1/s1. The molecule has 0 amide bonds. The van der Waals surface area contributed by atoms with Gasteiger partial charge in [-0.05, 0) is 97.6 Å². The Hall–Kier alpha value is -2.23. The molecular weight excluding hydrogens is 460 g/mol. The lowest BCUT2D eigenvalue weighted by Gasteiger charge is -2.48. The SMILES string of the molecule is CCCCOC(=O)[C@H]1c2ccc(OCCCC)cc2[C@@H]2CCCC[C@@H]2[C@@H]1C1C=CC(OCCCC)=CC1. The van der Waals surface area contributed by atoms with Crippen LogP contribution >= 0.6 is 0 Å². The summed E-state index contributed by atoms with van der Waals surface area (Å²) in [6.45, 7) is 8.54. The molecule has 1 aromatic carbocycles. The molecule has 0 heterocycles. The van der Waals surface area contributed by atoms with Gasteiger partial charge >= 0.3 is 5.97 Å². The molecule has 204 valence electrons. The highest BCUT2D eigenvalue weighted by atomic mass is 16.5. The van der Waals surface area contributed by atoms with Gasteiger partial charge in [0, 0.05) is 0 Å². The normalized spacial score (nSPS) is 26.6. The molecule has 1 saturated carbocycles. The minimum Gasteiger partial charge on any atom is -0.494 e. The number of ether oxygens (including phenoxy) is 3. The maximum atomic E-state index is 13.8. The van der Waals surface area contributed by atoms with Gasteiger partial charge in [-0.3, -0.25) is 4.79 Å². The number of hydrogen-bond donors (Lipinski definition) is 0. The van der Waals surface area contributed by atoms with Gasteiger partial charge < -0.3 is 14.2 Å². The second-order valence-electron chi connectivity index (χ2n) is 11.2. The third-order valence-corrected chi connectivity index (χ3v) is 8.61. The Labute approximate surface area is 224 Å². The molecule has 3 aliphatic rings. The van der Waals surface area contributed by atoms with Crippen LogP contribution in [-0.4, -0.2) is 25.8 Å². The Kier molecular flexibility index (Phi) is 10.6. The Balaban J connectivity index is 1.64. The quantitative estimate of drug-likeness (QED) is 0.198. The Morgan fingerprint density at radius 2 is 1.62 bits per heavy atom. The van der Waals surface area contributed by atoms with Gasteiger partial charge in [0.05, 0.1) is 25.7 Å². The molecule has 37 heavy (non-hydrogen) atoms. The Bertz CT molecular complexity index is 932. The molecule has 0 spiro atoms. The van der Waals surface area contributed by atoms with E-state index in [0.29, 0.717) is 24.4 Å². The highest BCUT2D eigenvalue weighted by Gasteiger charge is 2.49. The Morgan fingerprint density at radius 3 is 2.35 bits per heavy atom. The monoisotopic (exact) mass is 508 g/mol. The zero-order valence-electron chi connectivity index (χ0n) is 23.4. The number of allylic oxidation sites excluding steroid dienone is 3. The summed E-state index contributed by atoms with van der Waals surface area (Å²) in [5, 5.41) is 0. The van der Waals surface area contributed by atoms with E-state index in [0.717, 1.165) is 69.7 Å². The van der Waals surface area contributed by atoms with Crippen LogP contribution in [-0.2, 0) is 14.3 Å². The molecule has 1 fully saturated rings. The number of fused-ring (bicyclic) bond motifs is 3. The molecule has 0 aliphatic heterocycles. The maximum absolute atomic E-state index is 13.8. The molecule has 0 radical (unpaired) electrons. The van der Waals surface area contributed by atoms with Gasteiger partial charge in [0.1, 0.15) is 11.5 Å². The number of rotatable bonds is 13. The fourth-order valence-electron chi connectivity index (χ4n) is 6.64. The highest BCUT2D eigenvalue weighted by molar-refractivity contribution is 5.80. The minimum atomic E-state index is -0.221. The fraction of sp³-hybridized carbons (Fsp3) is 0.667. The summed E-state index contributed by atoms with van der Waals surface area (Å²) < 4.78 is 18.0. The predicted molar refractivity (Wildman–Crippen MR) is 150 cm³/mol. The number of carbonyl (C=O) groups excluding carboxylic acids is 1. The van der Waals surface area contributed by atoms with Crippen molar-refractivity contribution in [3.8, 4) is 5.75 Å². The third kappa shape index (κ3) is 6.81. The van der Waals surface area contributed by atoms with Crippen LogP contribution in [0, 0.1) is 17.8 Å². The molecule has 3 aliphatic carbocycles. The first-order chi connectivity index (χ1) is 18.2. The van der Waals surface area contributed by atoms with Crippen molar-refractivity contribution in [2.24, 2.45) is 17.8 Å². The van der Waals surface area contributed by atoms with Crippen LogP contribution in [0.4, 0.5) is 0 Å². The lowest BCUT2D eigenvalue weighted by atomic mass is 9.55. The van der Waals surface area contributed by atoms with Crippen molar-refractivity contribution < 1.29 is 19.0 Å². The third-order valence-electron chi connectivity index (χ3n) is 8.61. The topological polar surface area (TPSA) is 44.8 Å². The first kappa shape index (κ1) is 27.8. The van der Waals surface area contributed by atoms with Crippen molar-refractivity contribution in [3.63, 3.8) is 0 Å². The number of hydrogen-bond acceptors (Lipinski definition) is 4. The lowest BCUT2D eigenvalue weighted by Crippen LogP contribution is -2.42. The molecule has 4 heteroatoms. The summed E-state index contributed by atoms with van der Waals surface area (Å²) in [6.07, 6.45) is 18.9. The molecule has 5 atom stereocenters. The van der Waals surface area contributed by atoms with E-state index >= 15 is 0 Å². The summed E-state index contributed by atoms with van der Waals surface area (Å²) in [6, 6.07) is 6.52. The molecule has 1 unspecified atom stereocenters. The van der Waals surface area contributed by atoms with Crippen molar-refractivity contribution in [3.05, 3.63) is 53.3 Å². The number of benzene rings is 1. The van der Waals surface area contributed by atoms with Crippen LogP contribution < -0.4 is 4.74 Å². The van der Waals surface area contributed by atoms with E-state index in [-0.39, 0.29) is 17.8 Å². The highest BCUT2D eigenvalue weighted by Crippen LogP contribution is 2.56. The summed E-state index contributed by atoms with van der Waals surface area (Å²) in [5.74, 6) is 3.22. The van der Waals surface area contributed by atoms with Gasteiger partial charge in [0.2, 0.25) is 0 Å². The molecule has 0 saturated heterocycles. The van der Waals surface area contributed by atoms with Crippen molar-refractivity contribution in [1.29, 1.82) is 0 Å². The van der Waals surface area contributed by atoms with Crippen LogP contribution in [0.3, 0.4) is 0 Å². The van der Waals surface area contributed by atoms with E-state index in [1.807, 2.05) is 0 Å². The van der Waals surface area contributed by atoms with E-state index in [9.17, 15) is 4.79 Å². The van der Waals surface area contributed by atoms with Crippen LogP contribution in [0.25, 0.3) is 0 Å². The van der Waals surface area contributed by atoms with Crippen LogP contribution in [0.5, 0.6) is 5.75 Å². The summed E-state index contributed by atoms with van der Waals surface area (Å²) in [5.41, 5.74) is 2.52. The first-order valence-corrected chi connectivity index (χ1v) is 15.1. The molecule has 4 rings (SSSR count). The van der Waals surface area contributed by atoms with Crippen LogP contribution in [0.2, 0.25) is 0 Å². The van der Waals surface area contributed by atoms with Gasteiger partial charge in [-0.2, -0.15) is 0 Å². The first-order valence-electron chi connectivity index (χ1n) is 15.1. The van der Waals surface area contributed by atoms with Crippen molar-refractivity contribution in [2.75, 3.05) is 19.8 Å². The smallest absolute Gasteiger partial charge is 0.313 e. The summed E-state index contributed by atoms with van der Waals surface area (Å²) in [4.78, 5) is 13.8. The molecule has 1 aromatic rings. The largest absolute Gasteiger partial charge is 0.494 e. The number of unbranched alkanes of at least 4 members (excludes halogenated alkanes) is 3. The molecule has 0 N–H and O–H groups in total. The average Bonchev–Trinajstić information content (AvgIpc) is 2.93. The van der Waals surface area contributed by atoms with Gasteiger partial charge in [0.15, 0.2) is 0 Å². The van der Waals surface area contributed by atoms with Gasteiger partial charge in [-0.25, -0.2) is 0 Å². The molecule has 4 nitrogen and oxygen atoms in total. The van der Waals surface area contributed by atoms with Crippen molar-refractivity contribution in [2.45, 2.75) is 103 Å². The van der Waals surface area contributed by atoms with Crippen LogP contribution in [0.1, 0.15) is 114 Å². The zero-order chi connectivity index (χ0) is 26.0. The van der Waals surface area contributed by atoms with E-state index in [2.05, 4.69) is 57.2 Å². The van der Waals surface area contributed by atoms with Crippen molar-refractivity contribution >= 4 is 5.97 Å². The number of esters is 1. The zero-order valence-corrected chi connectivity index (χ0v) is 23.4. The predicted octanol–water partition coefficient (Wildman–Crippen LogP) is 8.47. The molecule has 0 aromatic heterocycles. The van der Waals surface area contributed by atoms with E-state index < -0.39 is 0 Å². The van der Waals surface area contributed by atoms with Gasteiger partial charge in [-0.15, -0.1) is 0 Å². The Morgan fingerprint density at radius 1 is 0.892 bits per heavy atom. The second-order valence-corrected chi connectivity index (χ2v) is 11.2. The molecular formula is C33H48O4. The van der Waals surface area contributed by atoms with E-state index in [4.69, 9.17) is 14.2 Å². The van der Waals surface area contributed by atoms with Crippen LogP contribution in [0.15, 0.2) is 42.2 Å². The lowest BCUT2D eigenvalue weighted by molar-refractivity contribution is -0.149. The van der Waals surface area contributed by atoms with E-state index in [1.54, 1.807) is 0 Å². The average molecular weight is 509 g/mol. The van der Waals surface area contributed by atoms with Gasteiger partial charge in [-0.1, -0.05) is 65.0 Å². The van der Waals surface area contributed by atoms with Gasteiger partial charge in [0.25, 0.3) is 0 Å². The maximum Gasteiger partial charge on any atom is 0.313 e. The minimum absolute atomic E-state index is 0.0363. The summed E-state index contributed by atoms with van der Waals surface area (Å²) >= 11 is 0. The van der Waals surface area contributed by atoms with E-state index in [1.165, 1.54) is 36.8 Å². The molecule has 0 bridgehead atoms.